The summed E-state index contributed by atoms with van der Waals surface area (Å²) in [6.07, 6.45) is 3.63. The van der Waals surface area contributed by atoms with Crippen LogP contribution < -0.4 is 5.32 Å². The Hall–Kier alpha value is -2.80. The first kappa shape index (κ1) is 13.8. The average molecular weight is 313 g/mol. The summed E-state index contributed by atoms with van der Waals surface area (Å²) >= 11 is 0. The lowest BCUT2D eigenvalue weighted by molar-refractivity contribution is -0.116. The van der Waals surface area contributed by atoms with Crippen LogP contribution in [0.4, 0.5) is 5.82 Å². The monoisotopic (exact) mass is 313 g/mol. The number of aliphatic hydroxyl groups excluding tert-OH is 1. The highest BCUT2D eigenvalue weighted by Gasteiger charge is 2.32. The van der Waals surface area contributed by atoms with Gasteiger partial charge >= 0.3 is 0 Å². The standard InChI is InChI=1S/C16H15N3O4/c20-9-11-3-4-14(23-11)12-6-15(21)18-16-13(12)7-17-19(16)8-10-2-1-5-22-10/h1-5,7,12,20H,6,8-9H2,(H,18,21)/t12-/m0/s1. The van der Waals surface area contributed by atoms with E-state index in [9.17, 15) is 4.79 Å². The van der Waals surface area contributed by atoms with Gasteiger partial charge in [-0.3, -0.25) is 4.79 Å². The molecule has 0 aromatic carbocycles. The molecule has 1 atom stereocenters. The number of nitrogens with zero attached hydrogens (tertiary/aromatic N) is 2. The number of hydrogen-bond acceptors (Lipinski definition) is 5. The van der Waals surface area contributed by atoms with E-state index in [-0.39, 0.29) is 24.9 Å². The number of aliphatic hydroxyl groups is 1. The molecule has 0 radical (unpaired) electrons. The Balaban J connectivity index is 1.70. The second kappa shape index (κ2) is 5.44. The number of nitrogens with one attached hydrogen (secondary N) is 1. The first-order valence-electron chi connectivity index (χ1n) is 7.32. The molecule has 3 aromatic rings. The van der Waals surface area contributed by atoms with Crippen molar-refractivity contribution in [1.29, 1.82) is 0 Å². The maximum Gasteiger partial charge on any atom is 0.226 e. The summed E-state index contributed by atoms with van der Waals surface area (Å²) in [6, 6.07) is 7.18. The molecule has 2 N–H and O–H groups in total. The molecule has 7 nitrogen and oxygen atoms in total. The number of fused-ring (bicyclic) bond motifs is 1. The normalized spacial score (nSPS) is 17.1. The van der Waals surface area contributed by atoms with Crippen LogP contribution in [-0.4, -0.2) is 20.8 Å². The maximum atomic E-state index is 12.1. The van der Waals surface area contributed by atoms with Gasteiger partial charge in [0, 0.05) is 12.0 Å². The minimum absolute atomic E-state index is 0.0920. The molecule has 4 heterocycles. The molecule has 3 aromatic heterocycles. The van der Waals surface area contributed by atoms with Crippen LogP contribution in [0.15, 0.2) is 45.6 Å². The topological polar surface area (TPSA) is 93.4 Å². The number of amides is 1. The lowest BCUT2D eigenvalue weighted by Gasteiger charge is -2.21. The maximum absolute atomic E-state index is 12.1. The van der Waals surface area contributed by atoms with Gasteiger partial charge in [-0.15, -0.1) is 0 Å². The number of hydrogen-bond donors (Lipinski definition) is 2. The van der Waals surface area contributed by atoms with Crippen molar-refractivity contribution in [3.05, 3.63) is 59.6 Å². The highest BCUT2D eigenvalue weighted by molar-refractivity contribution is 5.94. The largest absolute Gasteiger partial charge is 0.467 e. The summed E-state index contributed by atoms with van der Waals surface area (Å²) in [5, 5.41) is 16.4. The third-order valence-electron chi connectivity index (χ3n) is 3.96. The van der Waals surface area contributed by atoms with Crippen LogP contribution in [0.2, 0.25) is 0 Å². The Morgan fingerprint density at radius 1 is 1.35 bits per heavy atom. The number of furan rings is 2. The Morgan fingerprint density at radius 3 is 3.00 bits per heavy atom. The van der Waals surface area contributed by atoms with E-state index >= 15 is 0 Å². The van der Waals surface area contributed by atoms with E-state index in [1.807, 2.05) is 12.1 Å². The van der Waals surface area contributed by atoms with Crippen molar-refractivity contribution in [2.75, 3.05) is 5.32 Å². The molecule has 1 amide bonds. The summed E-state index contributed by atoms with van der Waals surface area (Å²) in [5.74, 6) is 2.26. The highest BCUT2D eigenvalue weighted by Crippen LogP contribution is 2.37. The van der Waals surface area contributed by atoms with Crippen molar-refractivity contribution in [2.45, 2.75) is 25.5 Å². The molecule has 1 aliphatic heterocycles. The zero-order valence-corrected chi connectivity index (χ0v) is 12.2. The fraction of sp³-hybridized carbons (Fsp3) is 0.250. The van der Waals surface area contributed by atoms with Crippen molar-refractivity contribution in [3.8, 4) is 0 Å². The van der Waals surface area contributed by atoms with E-state index in [4.69, 9.17) is 13.9 Å². The molecule has 0 aliphatic carbocycles. The zero-order chi connectivity index (χ0) is 15.8. The number of rotatable bonds is 4. The fourth-order valence-corrected chi connectivity index (χ4v) is 2.86. The molecule has 118 valence electrons. The molecular weight excluding hydrogens is 298 g/mol. The van der Waals surface area contributed by atoms with Crippen LogP contribution in [0.25, 0.3) is 0 Å². The summed E-state index contributed by atoms with van der Waals surface area (Å²) in [7, 11) is 0. The molecule has 1 aliphatic rings. The molecule has 7 heteroatoms. The molecule has 0 fully saturated rings. The second-order valence-electron chi connectivity index (χ2n) is 5.45. The smallest absolute Gasteiger partial charge is 0.226 e. The van der Waals surface area contributed by atoms with E-state index < -0.39 is 0 Å². The summed E-state index contributed by atoms with van der Waals surface area (Å²) in [4.78, 5) is 12.1. The van der Waals surface area contributed by atoms with Crippen molar-refractivity contribution in [2.24, 2.45) is 0 Å². The summed E-state index contributed by atoms with van der Waals surface area (Å²) in [5.41, 5.74) is 0.898. The number of aromatic nitrogens is 2. The highest BCUT2D eigenvalue weighted by atomic mass is 16.4. The van der Waals surface area contributed by atoms with E-state index in [0.717, 1.165) is 11.3 Å². The van der Waals surface area contributed by atoms with Crippen LogP contribution in [0.5, 0.6) is 0 Å². The van der Waals surface area contributed by atoms with Crippen molar-refractivity contribution in [1.82, 2.24) is 9.78 Å². The Labute approximate surface area is 131 Å². The van der Waals surface area contributed by atoms with Crippen LogP contribution in [0.3, 0.4) is 0 Å². The van der Waals surface area contributed by atoms with Crippen LogP contribution in [0, 0.1) is 0 Å². The predicted octanol–water partition coefficient (Wildman–Crippen LogP) is 2.08. The SMILES string of the molecule is O=C1C[C@H](c2ccc(CO)o2)c2cnn(Cc3ccco3)c2N1. The van der Waals surface area contributed by atoms with Gasteiger partial charge in [-0.1, -0.05) is 0 Å². The molecule has 23 heavy (non-hydrogen) atoms. The Morgan fingerprint density at radius 2 is 2.26 bits per heavy atom. The molecule has 0 spiro atoms. The van der Waals surface area contributed by atoms with E-state index in [0.29, 0.717) is 23.9 Å². The van der Waals surface area contributed by atoms with Gasteiger partial charge in [0.25, 0.3) is 0 Å². The van der Waals surface area contributed by atoms with Crippen LogP contribution >= 0.6 is 0 Å². The van der Waals surface area contributed by atoms with Crippen molar-refractivity contribution in [3.63, 3.8) is 0 Å². The molecule has 4 rings (SSSR count). The van der Waals surface area contributed by atoms with Gasteiger partial charge in [-0.05, 0) is 24.3 Å². The van der Waals surface area contributed by atoms with Gasteiger partial charge in [-0.2, -0.15) is 5.10 Å². The average Bonchev–Trinajstić information content (AvgIpc) is 3.28. The first-order chi connectivity index (χ1) is 11.2. The molecule has 0 saturated heterocycles. The third-order valence-corrected chi connectivity index (χ3v) is 3.96. The lowest BCUT2D eigenvalue weighted by atomic mass is 9.92. The van der Waals surface area contributed by atoms with Gasteiger partial charge in [-0.25, -0.2) is 4.68 Å². The zero-order valence-electron chi connectivity index (χ0n) is 12.2. The number of carbonyl (C=O) groups is 1. The van der Waals surface area contributed by atoms with Crippen LogP contribution in [0.1, 0.15) is 35.2 Å². The van der Waals surface area contributed by atoms with Gasteiger partial charge < -0.3 is 19.3 Å². The molecule has 0 unspecified atom stereocenters. The van der Waals surface area contributed by atoms with Crippen LogP contribution in [-0.2, 0) is 17.9 Å². The summed E-state index contributed by atoms with van der Waals surface area (Å²) < 4.78 is 12.6. The van der Waals surface area contributed by atoms with Gasteiger partial charge in [0.2, 0.25) is 5.91 Å². The Bertz CT molecular complexity index is 832. The van der Waals surface area contributed by atoms with Gasteiger partial charge in [0.15, 0.2) is 0 Å². The van der Waals surface area contributed by atoms with E-state index in [2.05, 4.69) is 10.4 Å². The number of anilines is 1. The van der Waals surface area contributed by atoms with E-state index in [1.54, 1.807) is 29.3 Å². The minimum Gasteiger partial charge on any atom is -0.467 e. The van der Waals surface area contributed by atoms with Gasteiger partial charge in [0.05, 0.1) is 18.4 Å². The fourth-order valence-electron chi connectivity index (χ4n) is 2.86. The minimum atomic E-state index is -0.204. The Kier molecular flexibility index (Phi) is 3.27. The first-order valence-corrected chi connectivity index (χ1v) is 7.32. The molecule has 0 saturated carbocycles. The second-order valence-corrected chi connectivity index (χ2v) is 5.45. The summed E-state index contributed by atoms with van der Waals surface area (Å²) in [6.45, 7) is 0.277. The predicted molar refractivity (Wildman–Crippen MR) is 79.8 cm³/mol. The third kappa shape index (κ3) is 2.44. The molecule has 0 bridgehead atoms. The quantitative estimate of drug-likeness (QED) is 0.769. The van der Waals surface area contributed by atoms with E-state index in [1.165, 1.54) is 0 Å². The van der Waals surface area contributed by atoms with Crippen molar-refractivity contribution < 1.29 is 18.7 Å². The van der Waals surface area contributed by atoms with Crippen molar-refractivity contribution >= 4 is 11.7 Å². The molecular formula is C16H15N3O4. The van der Waals surface area contributed by atoms with Gasteiger partial charge in [0.1, 0.15) is 36.3 Å². The number of carbonyl (C=O) groups excluding carboxylic acids is 1. The lowest BCUT2D eigenvalue weighted by Crippen LogP contribution is -2.24.